The quantitative estimate of drug-likeness (QED) is 0.780. The summed E-state index contributed by atoms with van der Waals surface area (Å²) in [5.41, 5.74) is 0. The molecule has 0 aromatic carbocycles. The first-order valence-electron chi connectivity index (χ1n) is 4.64. The molecule has 0 unspecified atom stereocenters. The lowest BCUT2D eigenvalue weighted by atomic mass is 10.4. The minimum Gasteiger partial charge on any atom is -0.384 e. The van der Waals surface area contributed by atoms with E-state index in [-0.39, 0.29) is 0 Å². The summed E-state index contributed by atoms with van der Waals surface area (Å²) in [6.45, 7) is 1.90. The zero-order chi connectivity index (χ0) is 11.3. The number of ether oxygens (including phenoxy) is 2. The van der Waals surface area contributed by atoms with E-state index in [1.165, 1.54) is 0 Å². The third-order valence-corrected chi connectivity index (χ3v) is 2.82. The van der Waals surface area contributed by atoms with Crippen molar-refractivity contribution in [1.29, 1.82) is 0 Å². The Bertz CT molecular complexity index is 315. The van der Waals surface area contributed by atoms with Gasteiger partial charge in [0.2, 0.25) is 0 Å². The first-order chi connectivity index (χ1) is 7.20. The molecule has 0 aliphatic rings. The van der Waals surface area contributed by atoms with Crippen molar-refractivity contribution in [3.05, 3.63) is 16.1 Å². The summed E-state index contributed by atoms with van der Waals surface area (Å²) in [5.74, 6) is 0.948. The maximum absolute atomic E-state index is 6.03. The van der Waals surface area contributed by atoms with Gasteiger partial charge in [-0.15, -0.1) is 0 Å². The van der Waals surface area contributed by atoms with Crippen molar-refractivity contribution in [3.63, 3.8) is 0 Å². The number of aromatic nitrogens is 2. The standard InChI is InChI=1S/C9H14Cl2N2O2/c1-14-5-3-7-12-8(10)9(11)13(7)4-6-15-2/h3-6H2,1-2H3/p+1. The predicted molar refractivity (Wildman–Crippen MR) is 58.5 cm³/mol. The van der Waals surface area contributed by atoms with Crippen molar-refractivity contribution in [2.75, 3.05) is 27.4 Å². The fraction of sp³-hybridized carbons (Fsp3) is 0.667. The van der Waals surface area contributed by atoms with Gasteiger partial charge < -0.3 is 9.47 Å². The molecule has 0 spiro atoms. The lowest BCUT2D eigenvalue weighted by Crippen LogP contribution is -2.40. The summed E-state index contributed by atoms with van der Waals surface area (Å²) >= 11 is 11.9. The molecule has 1 rings (SSSR count). The van der Waals surface area contributed by atoms with Crippen LogP contribution in [0.4, 0.5) is 0 Å². The Kier molecular flexibility index (Phi) is 5.39. The summed E-state index contributed by atoms with van der Waals surface area (Å²) in [4.78, 5) is 3.02. The number of aromatic amines is 1. The van der Waals surface area contributed by atoms with E-state index in [0.717, 1.165) is 12.2 Å². The first-order valence-corrected chi connectivity index (χ1v) is 5.39. The summed E-state index contributed by atoms with van der Waals surface area (Å²) in [7, 11) is 3.31. The van der Waals surface area contributed by atoms with Gasteiger partial charge in [0.15, 0.2) is 0 Å². The van der Waals surface area contributed by atoms with E-state index in [1.807, 2.05) is 4.57 Å². The topological polar surface area (TPSA) is 38.1 Å². The molecule has 1 N–H and O–H groups in total. The second-order valence-electron chi connectivity index (χ2n) is 3.06. The number of rotatable bonds is 6. The number of hydrogen-bond donors (Lipinski definition) is 1. The van der Waals surface area contributed by atoms with E-state index >= 15 is 0 Å². The second kappa shape index (κ2) is 6.33. The van der Waals surface area contributed by atoms with Gasteiger partial charge in [-0.05, 0) is 23.2 Å². The third-order valence-electron chi connectivity index (χ3n) is 2.06. The molecule has 1 aromatic heterocycles. The minimum absolute atomic E-state index is 0.457. The number of halogens is 2. The molecule has 0 amide bonds. The monoisotopic (exact) mass is 253 g/mol. The zero-order valence-electron chi connectivity index (χ0n) is 8.85. The first kappa shape index (κ1) is 12.8. The number of nitrogens with zero attached hydrogens (tertiary/aromatic N) is 1. The Balaban J connectivity index is 2.78. The number of H-pyrrole nitrogens is 1. The summed E-state index contributed by atoms with van der Waals surface area (Å²) in [5, 5.41) is 0.971. The van der Waals surface area contributed by atoms with Crippen LogP contribution in [0.2, 0.25) is 10.3 Å². The highest BCUT2D eigenvalue weighted by molar-refractivity contribution is 6.39. The predicted octanol–water partition coefficient (Wildman–Crippen LogP) is 1.44. The van der Waals surface area contributed by atoms with Crippen LogP contribution >= 0.6 is 23.2 Å². The second-order valence-corrected chi connectivity index (χ2v) is 3.80. The van der Waals surface area contributed by atoms with Gasteiger partial charge in [-0.25, -0.2) is 9.55 Å². The SMILES string of the molecule is COCCc1[nH]c(Cl)c(Cl)[n+]1CCOC. The van der Waals surface area contributed by atoms with Crippen LogP contribution in [0.25, 0.3) is 0 Å². The van der Waals surface area contributed by atoms with Crippen LogP contribution in [0.5, 0.6) is 0 Å². The Morgan fingerprint density at radius 1 is 1.20 bits per heavy atom. The van der Waals surface area contributed by atoms with Crippen LogP contribution in [0.1, 0.15) is 5.82 Å². The molecule has 0 fully saturated rings. The maximum atomic E-state index is 6.03. The fourth-order valence-corrected chi connectivity index (χ4v) is 1.74. The minimum atomic E-state index is 0.457. The van der Waals surface area contributed by atoms with Crippen LogP contribution in [0.3, 0.4) is 0 Å². The van der Waals surface area contributed by atoms with Crippen molar-refractivity contribution in [2.45, 2.75) is 13.0 Å². The van der Waals surface area contributed by atoms with E-state index in [4.69, 9.17) is 32.7 Å². The van der Waals surface area contributed by atoms with Crippen LogP contribution in [-0.4, -0.2) is 32.4 Å². The number of hydrogen-bond acceptors (Lipinski definition) is 2. The van der Waals surface area contributed by atoms with E-state index in [9.17, 15) is 0 Å². The molecule has 0 atom stereocenters. The van der Waals surface area contributed by atoms with Gasteiger partial charge in [0.05, 0.1) is 19.6 Å². The van der Waals surface area contributed by atoms with Gasteiger partial charge in [-0.1, -0.05) is 0 Å². The van der Waals surface area contributed by atoms with Gasteiger partial charge in [-0.2, -0.15) is 0 Å². The molecule has 0 aliphatic carbocycles. The summed E-state index contributed by atoms with van der Waals surface area (Å²) in [6, 6.07) is 0. The van der Waals surface area contributed by atoms with Gasteiger partial charge in [0, 0.05) is 14.2 Å². The van der Waals surface area contributed by atoms with Crippen molar-refractivity contribution >= 4 is 23.2 Å². The average molecular weight is 254 g/mol. The molecular formula is C9H15Cl2N2O2+. The van der Waals surface area contributed by atoms with E-state index in [0.29, 0.717) is 30.1 Å². The van der Waals surface area contributed by atoms with Crippen molar-refractivity contribution in [2.24, 2.45) is 0 Å². The normalized spacial score (nSPS) is 10.9. The highest BCUT2D eigenvalue weighted by Crippen LogP contribution is 2.16. The molecule has 1 heterocycles. The fourth-order valence-electron chi connectivity index (χ4n) is 1.29. The largest absolute Gasteiger partial charge is 0.384 e. The Morgan fingerprint density at radius 2 is 1.87 bits per heavy atom. The van der Waals surface area contributed by atoms with Gasteiger partial charge in [-0.3, -0.25) is 0 Å². The number of imidazole rings is 1. The van der Waals surface area contributed by atoms with Crippen LogP contribution in [0.15, 0.2) is 0 Å². The van der Waals surface area contributed by atoms with Crippen LogP contribution in [-0.2, 0) is 22.4 Å². The van der Waals surface area contributed by atoms with Crippen LogP contribution < -0.4 is 4.57 Å². The average Bonchev–Trinajstić information content (AvgIpc) is 2.50. The Morgan fingerprint density at radius 3 is 2.47 bits per heavy atom. The molecule has 4 nitrogen and oxygen atoms in total. The highest BCUT2D eigenvalue weighted by Gasteiger charge is 2.21. The van der Waals surface area contributed by atoms with Gasteiger partial charge in [0.25, 0.3) is 16.1 Å². The molecule has 0 bridgehead atoms. The van der Waals surface area contributed by atoms with E-state index in [1.54, 1.807) is 14.2 Å². The Labute approximate surface area is 99.1 Å². The Hall–Kier alpha value is -0.290. The molecule has 0 saturated carbocycles. The molecule has 86 valence electrons. The van der Waals surface area contributed by atoms with E-state index < -0.39 is 0 Å². The lowest BCUT2D eigenvalue weighted by molar-refractivity contribution is -0.702. The van der Waals surface area contributed by atoms with Crippen molar-refractivity contribution < 1.29 is 14.0 Å². The third kappa shape index (κ3) is 3.34. The molecule has 15 heavy (non-hydrogen) atoms. The van der Waals surface area contributed by atoms with Crippen molar-refractivity contribution in [1.82, 2.24) is 4.98 Å². The van der Waals surface area contributed by atoms with Gasteiger partial charge >= 0.3 is 0 Å². The zero-order valence-corrected chi connectivity index (χ0v) is 10.4. The molecule has 1 aromatic rings. The molecule has 0 radical (unpaired) electrons. The van der Waals surface area contributed by atoms with Gasteiger partial charge in [0.1, 0.15) is 6.54 Å². The molecule has 6 heteroatoms. The molecular weight excluding hydrogens is 239 g/mol. The number of methoxy groups -OCH3 is 2. The number of nitrogens with one attached hydrogen (secondary N) is 1. The van der Waals surface area contributed by atoms with E-state index in [2.05, 4.69) is 4.98 Å². The summed E-state index contributed by atoms with van der Waals surface area (Å²) in [6.07, 6.45) is 0.743. The highest BCUT2D eigenvalue weighted by atomic mass is 35.5. The summed E-state index contributed by atoms with van der Waals surface area (Å²) < 4.78 is 11.9. The van der Waals surface area contributed by atoms with Crippen molar-refractivity contribution in [3.8, 4) is 0 Å². The maximum Gasteiger partial charge on any atom is 0.259 e. The molecule has 0 aliphatic heterocycles. The lowest BCUT2D eigenvalue weighted by Gasteiger charge is -2.00. The molecule has 0 saturated heterocycles. The smallest absolute Gasteiger partial charge is 0.259 e. The van der Waals surface area contributed by atoms with Crippen LogP contribution in [0, 0.1) is 0 Å².